The average molecular weight is 434 g/mol. The minimum Gasteiger partial charge on any atom is -0.398 e. The van der Waals surface area contributed by atoms with E-state index in [0.717, 1.165) is 18.3 Å². The number of nitrogens with two attached hydrogens (primary N) is 1. The Morgan fingerprint density at radius 1 is 1.13 bits per heavy atom. The van der Waals surface area contributed by atoms with Crippen LogP contribution >= 0.6 is 0 Å². The van der Waals surface area contributed by atoms with Gasteiger partial charge in [0, 0.05) is 11.8 Å². The van der Waals surface area contributed by atoms with Crippen LogP contribution in [-0.2, 0) is 4.79 Å². The first-order valence-corrected chi connectivity index (χ1v) is 9.94. The highest BCUT2D eigenvalue weighted by Gasteiger charge is 2.44. The van der Waals surface area contributed by atoms with Gasteiger partial charge in [0.1, 0.15) is 23.5 Å². The Kier molecular flexibility index (Phi) is 6.24. The Balaban J connectivity index is 1.79. The summed E-state index contributed by atoms with van der Waals surface area (Å²) in [6.45, 7) is 5.60. The number of halogens is 3. The first-order valence-electron chi connectivity index (χ1n) is 9.94. The van der Waals surface area contributed by atoms with Crippen LogP contribution in [0.25, 0.3) is 0 Å². The standard InChI is InChI=1S/C22H25F3N4O2/c1-11(18-16(25)7-14(24)10-27-18)28-21(31)19(12-8-22(2,3)9-12)29-20(30)15-6-13(23)4-5-17(15)26/h4-7,10-12,19H,8-9,26H2,1-3H3,(H,28,31)(H,29,30)/t11-,19?/m0/s1. The molecule has 1 saturated carbocycles. The number of nitrogen functional groups attached to an aromatic ring is 1. The quantitative estimate of drug-likeness (QED) is 0.607. The van der Waals surface area contributed by atoms with Gasteiger partial charge in [0.05, 0.1) is 23.5 Å². The number of nitrogens with one attached hydrogen (secondary N) is 2. The monoisotopic (exact) mass is 434 g/mol. The van der Waals surface area contributed by atoms with Crippen molar-refractivity contribution in [3.05, 3.63) is 59.2 Å². The van der Waals surface area contributed by atoms with E-state index in [-0.39, 0.29) is 28.3 Å². The molecule has 6 nitrogen and oxygen atoms in total. The second-order valence-electron chi connectivity index (χ2n) is 8.77. The summed E-state index contributed by atoms with van der Waals surface area (Å²) in [6.07, 6.45) is 2.23. The van der Waals surface area contributed by atoms with E-state index in [1.54, 1.807) is 0 Å². The molecule has 9 heteroatoms. The van der Waals surface area contributed by atoms with Gasteiger partial charge in [-0.1, -0.05) is 13.8 Å². The molecule has 2 aromatic rings. The second-order valence-corrected chi connectivity index (χ2v) is 8.77. The zero-order chi connectivity index (χ0) is 22.9. The van der Waals surface area contributed by atoms with Gasteiger partial charge < -0.3 is 16.4 Å². The molecule has 0 bridgehead atoms. The van der Waals surface area contributed by atoms with Crippen LogP contribution in [0.2, 0.25) is 0 Å². The normalized spacial score (nSPS) is 17.4. The minimum atomic E-state index is -0.936. The molecule has 1 aliphatic rings. The highest BCUT2D eigenvalue weighted by atomic mass is 19.1. The maximum absolute atomic E-state index is 14.0. The van der Waals surface area contributed by atoms with Crippen LogP contribution in [0.4, 0.5) is 18.9 Å². The number of hydrogen-bond acceptors (Lipinski definition) is 4. The molecule has 1 aliphatic carbocycles. The lowest BCUT2D eigenvalue weighted by Gasteiger charge is -2.46. The highest BCUT2D eigenvalue weighted by Crippen LogP contribution is 2.46. The average Bonchev–Trinajstić information content (AvgIpc) is 2.65. The van der Waals surface area contributed by atoms with Crippen molar-refractivity contribution in [2.75, 3.05) is 5.73 Å². The fraction of sp³-hybridized carbons (Fsp3) is 0.409. The maximum atomic E-state index is 14.0. The Hall–Kier alpha value is -3.10. The van der Waals surface area contributed by atoms with E-state index in [4.69, 9.17) is 5.73 Å². The fourth-order valence-electron chi connectivity index (χ4n) is 4.05. The van der Waals surface area contributed by atoms with E-state index in [1.807, 2.05) is 13.8 Å². The molecule has 4 N–H and O–H groups in total. The first-order chi connectivity index (χ1) is 14.5. The molecule has 3 rings (SSSR count). The molecule has 0 spiro atoms. The summed E-state index contributed by atoms with van der Waals surface area (Å²) in [4.78, 5) is 29.5. The van der Waals surface area contributed by atoms with E-state index >= 15 is 0 Å². The van der Waals surface area contributed by atoms with Gasteiger partial charge in [-0.2, -0.15) is 0 Å². The number of carbonyl (C=O) groups excluding carboxylic acids is 2. The van der Waals surface area contributed by atoms with Crippen molar-refractivity contribution >= 4 is 17.5 Å². The lowest BCUT2D eigenvalue weighted by molar-refractivity contribution is -0.127. The molecule has 1 fully saturated rings. The van der Waals surface area contributed by atoms with Crippen LogP contribution in [0.5, 0.6) is 0 Å². The lowest BCUT2D eigenvalue weighted by Crippen LogP contribution is -2.56. The number of pyridine rings is 1. The number of aromatic nitrogens is 1. The molecule has 0 aliphatic heterocycles. The Labute approximate surface area is 178 Å². The summed E-state index contributed by atoms with van der Waals surface area (Å²) in [5.41, 5.74) is 5.69. The second kappa shape index (κ2) is 8.56. The number of anilines is 1. The van der Waals surface area contributed by atoms with E-state index in [2.05, 4.69) is 15.6 Å². The number of hydrogen-bond donors (Lipinski definition) is 3. The molecule has 31 heavy (non-hydrogen) atoms. The third-order valence-electron chi connectivity index (χ3n) is 5.54. The largest absolute Gasteiger partial charge is 0.398 e. The molecule has 166 valence electrons. The molecule has 1 heterocycles. The SMILES string of the molecule is C[C@H](NC(=O)C(NC(=O)c1cc(F)ccc1N)C1CC(C)(C)C1)c1ncc(F)cc1F. The fourth-order valence-corrected chi connectivity index (χ4v) is 4.05. The topological polar surface area (TPSA) is 97.1 Å². The van der Waals surface area contributed by atoms with Crippen LogP contribution in [0.15, 0.2) is 30.5 Å². The molecule has 2 amide bonds. The lowest BCUT2D eigenvalue weighted by atomic mass is 9.62. The van der Waals surface area contributed by atoms with Gasteiger partial charge in [-0.05, 0) is 49.3 Å². The van der Waals surface area contributed by atoms with Gasteiger partial charge in [0.25, 0.3) is 5.91 Å². The number of carbonyl (C=O) groups is 2. The van der Waals surface area contributed by atoms with E-state index in [1.165, 1.54) is 13.0 Å². The third kappa shape index (κ3) is 5.15. The highest BCUT2D eigenvalue weighted by molar-refractivity contribution is 6.01. The van der Waals surface area contributed by atoms with Crippen molar-refractivity contribution in [3.63, 3.8) is 0 Å². The van der Waals surface area contributed by atoms with Gasteiger partial charge >= 0.3 is 0 Å². The predicted molar refractivity (Wildman–Crippen MR) is 109 cm³/mol. The minimum absolute atomic E-state index is 0.0159. The first kappa shape index (κ1) is 22.6. The summed E-state index contributed by atoms with van der Waals surface area (Å²) in [6, 6.07) is 2.30. The Morgan fingerprint density at radius 3 is 2.42 bits per heavy atom. The number of rotatable bonds is 6. The molecular weight excluding hydrogens is 409 g/mol. The summed E-state index contributed by atoms with van der Waals surface area (Å²) < 4.78 is 40.7. The smallest absolute Gasteiger partial charge is 0.254 e. The zero-order valence-electron chi connectivity index (χ0n) is 17.5. The summed E-state index contributed by atoms with van der Waals surface area (Å²) in [7, 11) is 0. The predicted octanol–water partition coefficient (Wildman–Crippen LogP) is 3.49. The van der Waals surface area contributed by atoms with Gasteiger partial charge in [-0.25, -0.2) is 13.2 Å². The van der Waals surface area contributed by atoms with Gasteiger partial charge in [-0.3, -0.25) is 14.6 Å². The molecule has 1 aromatic carbocycles. The van der Waals surface area contributed by atoms with Crippen molar-refractivity contribution in [2.24, 2.45) is 11.3 Å². The van der Waals surface area contributed by atoms with Crippen LogP contribution in [0.3, 0.4) is 0 Å². The van der Waals surface area contributed by atoms with Crippen LogP contribution < -0.4 is 16.4 Å². The third-order valence-corrected chi connectivity index (χ3v) is 5.54. The number of nitrogens with zero attached hydrogens (tertiary/aromatic N) is 1. The van der Waals surface area contributed by atoms with E-state index < -0.39 is 41.3 Å². The Morgan fingerprint density at radius 2 is 1.81 bits per heavy atom. The van der Waals surface area contributed by atoms with E-state index in [0.29, 0.717) is 18.9 Å². The summed E-state index contributed by atoms with van der Waals surface area (Å²) in [5, 5.41) is 5.28. The van der Waals surface area contributed by atoms with E-state index in [9.17, 15) is 22.8 Å². The Bertz CT molecular complexity index is 1000. The van der Waals surface area contributed by atoms with Crippen LogP contribution in [0, 0.1) is 28.8 Å². The van der Waals surface area contributed by atoms with Crippen molar-refractivity contribution in [2.45, 2.75) is 45.7 Å². The summed E-state index contributed by atoms with van der Waals surface area (Å²) >= 11 is 0. The molecule has 2 atom stereocenters. The van der Waals surface area contributed by atoms with Crippen LogP contribution in [-0.4, -0.2) is 22.8 Å². The molecule has 0 saturated heterocycles. The number of benzene rings is 1. The van der Waals surface area contributed by atoms with Crippen molar-refractivity contribution in [1.29, 1.82) is 0 Å². The maximum Gasteiger partial charge on any atom is 0.254 e. The van der Waals surface area contributed by atoms with Gasteiger partial charge in [0.2, 0.25) is 5.91 Å². The zero-order valence-corrected chi connectivity index (χ0v) is 17.5. The molecule has 0 radical (unpaired) electrons. The van der Waals surface area contributed by atoms with Crippen LogP contribution in [0.1, 0.15) is 55.7 Å². The van der Waals surface area contributed by atoms with Gasteiger partial charge in [-0.15, -0.1) is 0 Å². The number of amides is 2. The van der Waals surface area contributed by atoms with Crippen molar-refractivity contribution in [3.8, 4) is 0 Å². The van der Waals surface area contributed by atoms with Gasteiger partial charge in [0.15, 0.2) is 0 Å². The molecular formula is C22H25F3N4O2. The van der Waals surface area contributed by atoms with Crippen molar-refractivity contribution in [1.82, 2.24) is 15.6 Å². The molecule has 1 aromatic heterocycles. The molecule has 1 unspecified atom stereocenters. The summed E-state index contributed by atoms with van der Waals surface area (Å²) in [5.74, 6) is -3.72. The van der Waals surface area contributed by atoms with Crippen molar-refractivity contribution < 1.29 is 22.8 Å².